The van der Waals surface area contributed by atoms with E-state index in [1.807, 2.05) is 13.0 Å². The Hall–Kier alpha value is -3.15. The maximum Gasteiger partial charge on any atom is 0.255 e. The molecule has 3 aromatic carbocycles. The number of hydrogen-bond acceptors (Lipinski definition) is 4. The van der Waals surface area contributed by atoms with Crippen LogP contribution < -0.4 is 10.1 Å². The molecule has 0 bridgehead atoms. The van der Waals surface area contributed by atoms with Crippen molar-refractivity contribution in [3.8, 4) is 5.75 Å². The number of hydrogen-bond donors (Lipinski definition) is 1. The molecule has 0 spiro atoms. The zero-order valence-corrected chi connectivity index (χ0v) is 18.2. The van der Waals surface area contributed by atoms with Gasteiger partial charge in [-0.15, -0.1) is 0 Å². The first kappa shape index (κ1) is 22.5. The molecule has 0 fully saturated rings. The number of carbonyl (C=O) groups is 2. The van der Waals surface area contributed by atoms with Crippen molar-refractivity contribution in [2.45, 2.75) is 20.0 Å². The topological polar surface area (TPSA) is 64.6 Å². The van der Waals surface area contributed by atoms with Crippen molar-refractivity contribution in [2.24, 2.45) is 0 Å². The highest BCUT2D eigenvalue weighted by molar-refractivity contribution is 6.31. The molecule has 0 aromatic heterocycles. The molecule has 1 N–H and O–H groups in total. The summed E-state index contributed by atoms with van der Waals surface area (Å²) in [6.45, 7) is 2.99. The Labute approximate surface area is 187 Å². The van der Waals surface area contributed by atoms with Crippen LogP contribution in [-0.2, 0) is 11.3 Å². The normalized spacial score (nSPS) is 10.5. The summed E-state index contributed by atoms with van der Waals surface area (Å²) in [7, 11) is 1.58. The lowest BCUT2D eigenvalue weighted by molar-refractivity contribution is 0.102. The molecule has 0 unspecified atom stereocenters. The van der Waals surface area contributed by atoms with E-state index in [1.54, 1.807) is 67.8 Å². The molecule has 0 saturated heterocycles. The van der Waals surface area contributed by atoms with Gasteiger partial charge in [-0.3, -0.25) is 9.59 Å². The number of halogens is 1. The van der Waals surface area contributed by atoms with Crippen LogP contribution in [0.2, 0.25) is 5.02 Å². The number of methoxy groups -OCH3 is 1. The second-order valence-corrected chi connectivity index (χ2v) is 7.35. The minimum atomic E-state index is -0.344. The van der Waals surface area contributed by atoms with E-state index >= 15 is 0 Å². The van der Waals surface area contributed by atoms with Crippen LogP contribution in [0.5, 0.6) is 5.75 Å². The number of anilines is 1. The molecule has 1 amide bonds. The molecular formula is C25H24ClNO4. The van der Waals surface area contributed by atoms with Gasteiger partial charge in [0, 0.05) is 33.9 Å². The Bertz CT molecular complexity index is 1070. The van der Waals surface area contributed by atoms with Crippen molar-refractivity contribution in [1.29, 1.82) is 0 Å². The minimum absolute atomic E-state index is 0.221. The lowest BCUT2D eigenvalue weighted by atomic mass is 10.0. The molecular weight excluding hydrogens is 414 g/mol. The number of benzene rings is 3. The Morgan fingerprint density at radius 1 is 0.968 bits per heavy atom. The summed E-state index contributed by atoms with van der Waals surface area (Å²) >= 11 is 6.12. The standard InChI is InChI=1S/C25H24ClNO4/c1-3-13-31-16-19-14-18(9-12-23(19)30-2)25(29)27-22-11-10-20(26)15-21(22)24(28)17-7-5-4-6-8-17/h4-12,14-15H,3,13,16H2,1-2H3,(H,27,29). The van der Waals surface area contributed by atoms with Crippen LogP contribution in [0.1, 0.15) is 45.2 Å². The lowest BCUT2D eigenvalue weighted by Gasteiger charge is -2.13. The van der Waals surface area contributed by atoms with Crippen LogP contribution >= 0.6 is 11.6 Å². The van der Waals surface area contributed by atoms with E-state index in [4.69, 9.17) is 21.1 Å². The van der Waals surface area contributed by atoms with Gasteiger partial charge in [-0.25, -0.2) is 0 Å². The first-order valence-corrected chi connectivity index (χ1v) is 10.4. The van der Waals surface area contributed by atoms with Crippen molar-refractivity contribution in [1.82, 2.24) is 0 Å². The van der Waals surface area contributed by atoms with E-state index in [0.29, 0.717) is 46.4 Å². The highest BCUT2D eigenvalue weighted by Crippen LogP contribution is 2.26. The molecule has 3 aromatic rings. The quantitative estimate of drug-likeness (QED) is 0.341. The first-order chi connectivity index (χ1) is 15.0. The van der Waals surface area contributed by atoms with Gasteiger partial charge in [0.15, 0.2) is 5.78 Å². The zero-order chi connectivity index (χ0) is 22.2. The summed E-state index contributed by atoms with van der Waals surface area (Å²) in [5.74, 6) is 0.0877. The maximum absolute atomic E-state index is 13.0. The van der Waals surface area contributed by atoms with Gasteiger partial charge in [0.25, 0.3) is 5.91 Å². The number of carbonyl (C=O) groups excluding carboxylic acids is 2. The fourth-order valence-corrected chi connectivity index (χ4v) is 3.28. The molecule has 0 saturated carbocycles. The summed E-state index contributed by atoms with van der Waals surface area (Å²) in [5.41, 5.74) is 2.44. The van der Waals surface area contributed by atoms with Crippen LogP contribution in [0.4, 0.5) is 5.69 Å². The van der Waals surface area contributed by atoms with Gasteiger partial charge in [0.05, 0.1) is 19.4 Å². The molecule has 0 atom stereocenters. The zero-order valence-electron chi connectivity index (χ0n) is 17.5. The van der Waals surface area contributed by atoms with Crippen LogP contribution in [0.15, 0.2) is 66.7 Å². The van der Waals surface area contributed by atoms with Crippen molar-refractivity contribution in [2.75, 3.05) is 19.0 Å². The van der Waals surface area contributed by atoms with Crippen LogP contribution in [0.3, 0.4) is 0 Å². The molecule has 0 aliphatic heterocycles. The number of ether oxygens (including phenoxy) is 2. The monoisotopic (exact) mass is 437 g/mol. The van der Waals surface area contributed by atoms with Crippen molar-refractivity contribution >= 4 is 29.0 Å². The fourth-order valence-electron chi connectivity index (χ4n) is 3.11. The molecule has 6 heteroatoms. The van der Waals surface area contributed by atoms with Gasteiger partial charge in [-0.2, -0.15) is 0 Å². The smallest absolute Gasteiger partial charge is 0.255 e. The van der Waals surface area contributed by atoms with E-state index in [2.05, 4.69) is 5.32 Å². The molecule has 5 nitrogen and oxygen atoms in total. The van der Waals surface area contributed by atoms with Crippen LogP contribution in [0, 0.1) is 0 Å². The van der Waals surface area contributed by atoms with E-state index < -0.39 is 0 Å². The summed E-state index contributed by atoms with van der Waals surface area (Å²) in [4.78, 5) is 25.9. The largest absolute Gasteiger partial charge is 0.496 e. The average molecular weight is 438 g/mol. The molecule has 31 heavy (non-hydrogen) atoms. The number of amides is 1. The van der Waals surface area contributed by atoms with Gasteiger partial charge >= 0.3 is 0 Å². The summed E-state index contributed by atoms with van der Waals surface area (Å²) in [6, 6.07) is 18.8. The lowest BCUT2D eigenvalue weighted by Crippen LogP contribution is -2.16. The fraction of sp³-hybridized carbons (Fsp3) is 0.200. The summed E-state index contributed by atoms with van der Waals surface area (Å²) in [5, 5.41) is 3.25. The Kier molecular flexibility index (Phi) is 7.82. The third-order valence-electron chi connectivity index (χ3n) is 4.66. The van der Waals surface area contributed by atoms with Crippen molar-refractivity contribution < 1.29 is 19.1 Å². The van der Waals surface area contributed by atoms with Crippen molar-refractivity contribution in [3.63, 3.8) is 0 Å². The van der Waals surface area contributed by atoms with Crippen LogP contribution in [0.25, 0.3) is 0 Å². The highest BCUT2D eigenvalue weighted by Gasteiger charge is 2.17. The summed E-state index contributed by atoms with van der Waals surface area (Å²) in [6.07, 6.45) is 0.900. The number of rotatable bonds is 9. The van der Waals surface area contributed by atoms with Gasteiger partial charge in [-0.05, 0) is 42.8 Å². The van der Waals surface area contributed by atoms with E-state index in [-0.39, 0.29) is 11.7 Å². The number of nitrogens with one attached hydrogen (secondary N) is 1. The van der Waals surface area contributed by atoms with Crippen molar-refractivity contribution in [3.05, 3.63) is 94.0 Å². The first-order valence-electron chi connectivity index (χ1n) is 9.98. The van der Waals surface area contributed by atoms with Gasteiger partial charge in [-0.1, -0.05) is 48.9 Å². The average Bonchev–Trinajstić information content (AvgIpc) is 2.80. The molecule has 0 heterocycles. The molecule has 0 radical (unpaired) electrons. The van der Waals surface area contributed by atoms with E-state index in [1.165, 1.54) is 0 Å². The SMILES string of the molecule is CCCOCc1cc(C(=O)Nc2ccc(Cl)cc2C(=O)c2ccccc2)ccc1OC. The molecule has 160 valence electrons. The Morgan fingerprint density at radius 3 is 2.45 bits per heavy atom. The third kappa shape index (κ3) is 5.72. The second kappa shape index (κ2) is 10.8. The van der Waals surface area contributed by atoms with Crippen LogP contribution in [-0.4, -0.2) is 25.4 Å². The van der Waals surface area contributed by atoms with E-state index in [0.717, 1.165) is 12.0 Å². The second-order valence-electron chi connectivity index (χ2n) is 6.92. The summed E-state index contributed by atoms with van der Waals surface area (Å²) < 4.78 is 11.0. The molecule has 3 rings (SSSR count). The van der Waals surface area contributed by atoms with E-state index in [9.17, 15) is 9.59 Å². The number of ketones is 1. The third-order valence-corrected chi connectivity index (χ3v) is 4.89. The maximum atomic E-state index is 13.0. The molecule has 0 aliphatic carbocycles. The highest BCUT2D eigenvalue weighted by atomic mass is 35.5. The van der Waals surface area contributed by atoms with Gasteiger partial charge in [0.1, 0.15) is 5.75 Å². The Balaban J connectivity index is 1.87. The Morgan fingerprint density at radius 2 is 1.74 bits per heavy atom. The molecule has 0 aliphatic rings. The van der Waals surface area contributed by atoms with Gasteiger partial charge < -0.3 is 14.8 Å². The predicted molar refractivity (Wildman–Crippen MR) is 122 cm³/mol. The minimum Gasteiger partial charge on any atom is -0.496 e. The van der Waals surface area contributed by atoms with Gasteiger partial charge in [0.2, 0.25) is 0 Å². The predicted octanol–water partition coefficient (Wildman–Crippen LogP) is 5.76.